The van der Waals surface area contributed by atoms with Gasteiger partial charge < -0.3 is 15.2 Å². The van der Waals surface area contributed by atoms with Gasteiger partial charge in [-0.3, -0.25) is 0 Å². The van der Waals surface area contributed by atoms with Crippen molar-refractivity contribution in [2.75, 3.05) is 19.7 Å². The topological polar surface area (TPSA) is 41.5 Å². The molecule has 0 amide bonds. The molecule has 0 saturated carbocycles. The van der Waals surface area contributed by atoms with E-state index in [1.54, 1.807) is 12.1 Å². The van der Waals surface area contributed by atoms with Crippen molar-refractivity contribution >= 4 is 0 Å². The van der Waals surface area contributed by atoms with Gasteiger partial charge in [-0.05, 0) is 31.5 Å². The standard InChI is InChI=1S/C13H20FNO2/c1-10(2)17-7-6-15-9-13(16)11-4-3-5-12(14)8-11/h3-5,8,10,13,15-16H,6-7,9H2,1-2H3. The maximum absolute atomic E-state index is 12.9. The number of hydrogen-bond acceptors (Lipinski definition) is 3. The van der Waals surface area contributed by atoms with Crippen LogP contribution in [0, 0.1) is 5.82 Å². The maximum Gasteiger partial charge on any atom is 0.123 e. The molecule has 0 aliphatic heterocycles. The molecule has 1 unspecified atom stereocenters. The molecule has 0 radical (unpaired) electrons. The van der Waals surface area contributed by atoms with Gasteiger partial charge in [-0.15, -0.1) is 0 Å². The van der Waals surface area contributed by atoms with E-state index in [4.69, 9.17) is 4.74 Å². The van der Waals surface area contributed by atoms with E-state index in [0.717, 1.165) is 0 Å². The molecule has 0 fully saturated rings. The van der Waals surface area contributed by atoms with Crippen molar-refractivity contribution in [2.45, 2.75) is 26.1 Å². The van der Waals surface area contributed by atoms with E-state index < -0.39 is 6.10 Å². The largest absolute Gasteiger partial charge is 0.387 e. The number of aliphatic hydroxyl groups is 1. The molecule has 0 aliphatic carbocycles. The molecular formula is C13H20FNO2. The molecule has 0 bridgehead atoms. The van der Waals surface area contributed by atoms with E-state index in [1.807, 2.05) is 13.8 Å². The molecule has 1 aromatic rings. The van der Waals surface area contributed by atoms with Gasteiger partial charge in [0.2, 0.25) is 0 Å². The van der Waals surface area contributed by atoms with Gasteiger partial charge in [-0.2, -0.15) is 0 Å². The summed E-state index contributed by atoms with van der Waals surface area (Å²) in [6.07, 6.45) is -0.477. The summed E-state index contributed by atoms with van der Waals surface area (Å²) < 4.78 is 18.3. The van der Waals surface area contributed by atoms with Gasteiger partial charge in [0.05, 0.1) is 18.8 Å². The lowest BCUT2D eigenvalue weighted by atomic mass is 10.1. The normalized spacial score (nSPS) is 13.0. The average Bonchev–Trinajstić information content (AvgIpc) is 2.28. The first kappa shape index (κ1) is 14.1. The number of ether oxygens (including phenoxy) is 1. The molecule has 0 saturated heterocycles. The van der Waals surface area contributed by atoms with Crippen molar-refractivity contribution in [1.82, 2.24) is 5.32 Å². The Morgan fingerprint density at radius 3 is 2.82 bits per heavy atom. The molecule has 3 nitrogen and oxygen atoms in total. The molecule has 96 valence electrons. The van der Waals surface area contributed by atoms with Gasteiger partial charge >= 0.3 is 0 Å². The maximum atomic E-state index is 12.9. The summed E-state index contributed by atoms with van der Waals surface area (Å²) in [5, 5.41) is 12.8. The number of benzene rings is 1. The van der Waals surface area contributed by atoms with Crippen LogP contribution in [0.5, 0.6) is 0 Å². The molecule has 0 aromatic heterocycles. The van der Waals surface area contributed by atoms with E-state index in [2.05, 4.69) is 5.32 Å². The fourth-order valence-corrected chi connectivity index (χ4v) is 1.44. The highest BCUT2D eigenvalue weighted by Gasteiger charge is 2.07. The summed E-state index contributed by atoms with van der Waals surface area (Å²) in [6.45, 7) is 5.62. The van der Waals surface area contributed by atoms with Gasteiger partial charge in [-0.1, -0.05) is 12.1 Å². The Labute approximate surface area is 102 Å². The zero-order valence-corrected chi connectivity index (χ0v) is 10.3. The van der Waals surface area contributed by atoms with Crippen LogP contribution in [0.2, 0.25) is 0 Å². The Kier molecular flexibility index (Phi) is 6.11. The predicted octanol–water partition coefficient (Wildman–Crippen LogP) is 1.87. The first-order valence-electron chi connectivity index (χ1n) is 5.85. The zero-order valence-electron chi connectivity index (χ0n) is 10.3. The van der Waals surface area contributed by atoms with E-state index in [9.17, 15) is 9.50 Å². The molecule has 2 N–H and O–H groups in total. The molecule has 17 heavy (non-hydrogen) atoms. The van der Waals surface area contributed by atoms with Crippen LogP contribution in [0.1, 0.15) is 25.5 Å². The highest BCUT2D eigenvalue weighted by atomic mass is 19.1. The van der Waals surface area contributed by atoms with E-state index in [1.165, 1.54) is 12.1 Å². The van der Waals surface area contributed by atoms with Crippen molar-refractivity contribution in [2.24, 2.45) is 0 Å². The Hall–Kier alpha value is -0.970. The van der Waals surface area contributed by atoms with Gasteiger partial charge in [0.15, 0.2) is 0 Å². The SMILES string of the molecule is CC(C)OCCNCC(O)c1cccc(F)c1. The van der Waals surface area contributed by atoms with E-state index >= 15 is 0 Å². The number of aliphatic hydroxyl groups excluding tert-OH is 1. The highest BCUT2D eigenvalue weighted by molar-refractivity contribution is 5.18. The molecule has 1 aromatic carbocycles. The Bertz CT molecular complexity index is 331. The molecular weight excluding hydrogens is 221 g/mol. The van der Waals surface area contributed by atoms with Gasteiger partial charge in [-0.25, -0.2) is 4.39 Å². The first-order valence-corrected chi connectivity index (χ1v) is 5.85. The lowest BCUT2D eigenvalue weighted by molar-refractivity contribution is 0.0781. The average molecular weight is 241 g/mol. The fraction of sp³-hybridized carbons (Fsp3) is 0.538. The lowest BCUT2D eigenvalue weighted by Gasteiger charge is -2.13. The fourth-order valence-electron chi connectivity index (χ4n) is 1.44. The first-order chi connectivity index (χ1) is 8.09. The van der Waals surface area contributed by atoms with Crippen LogP contribution in [0.15, 0.2) is 24.3 Å². The van der Waals surface area contributed by atoms with Crippen LogP contribution in [-0.2, 0) is 4.74 Å². The number of halogens is 1. The minimum atomic E-state index is -0.690. The van der Waals surface area contributed by atoms with Gasteiger partial charge in [0.1, 0.15) is 5.82 Å². The van der Waals surface area contributed by atoms with Crippen molar-refractivity contribution in [3.05, 3.63) is 35.6 Å². The second-order valence-electron chi connectivity index (χ2n) is 4.19. The number of rotatable bonds is 7. The van der Waals surface area contributed by atoms with Gasteiger partial charge in [0, 0.05) is 13.1 Å². The molecule has 4 heteroatoms. The van der Waals surface area contributed by atoms with Crippen LogP contribution in [0.3, 0.4) is 0 Å². The Morgan fingerprint density at radius 2 is 2.18 bits per heavy atom. The van der Waals surface area contributed by atoms with Crippen LogP contribution < -0.4 is 5.32 Å². The summed E-state index contributed by atoms with van der Waals surface area (Å²) >= 11 is 0. The predicted molar refractivity (Wildman–Crippen MR) is 65.3 cm³/mol. The third kappa shape index (κ3) is 5.77. The quantitative estimate of drug-likeness (QED) is 0.716. The second-order valence-corrected chi connectivity index (χ2v) is 4.19. The van der Waals surface area contributed by atoms with Crippen molar-refractivity contribution in [1.29, 1.82) is 0 Å². The third-order valence-corrected chi connectivity index (χ3v) is 2.30. The third-order valence-electron chi connectivity index (χ3n) is 2.30. The summed E-state index contributed by atoms with van der Waals surface area (Å²) in [7, 11) is 0. The Balaban J connectivity index is 2.23. The molecule has 1 rings (SSSR count). The zero-order chi connectivity index (χ0) is 12.7. The van der Waals surface area contributed by atoms with Crippen LogP contribution in [0.25, 0.3) is 0 Å². The minimum absolute atomic E-state index is 0.213. The molecule has 0 spiro atoms. The number of nitrogens with one attached hydrogen (secondary N) is 1. The second kappa shape index (κ2) is 7.37. The number of hydrogen-bond donors (Lipinski definition) is 2. The highest BCUT2D eigenvalue weighted by Crippen LogP contribution is 2.12. The molecule has 0 aliphatic rings. The van der Waals surface area contributed by atoms with E-state index in [-0.39, 0.29) is 11.9 Å². The van der Waals surface area contributed by atoms with Crippen LogP contribution in [-0.4, -0.2) is 30.9 Å². The van der Waals surface area contributed by atoms with Crippen LogP contribution in [0.4, 0.5) is 4.39 Å². The van der Waals surface area contributed by atoms with Crippen molar-refractivity contribution in [3.63, 3.8) is 0 Å². The summed E-state index contributed by atoms with van der Waals surface area (Å²) in [4.78, 5) is 0. The molecule has 1 atom stereocenters. The molecule has 0 heterocycles. The Morgan fingerprint density at radius 1 is 1.41 bits per heavy atom. The summed E-state index contributed by atoms with van der Waals surface area (Å²) in [6, 6.07) is 6.01. The smallest absolute Gasteiger partial charge is 0.123 e. The van der Waals surface area contributed by atoms with Gasteiger partial charge in [0.25, 0.3) is 0 Å². The lowest BCUT2D eigenvalue weighted by Crippen LogP contribution is -2.26. The van der Waals surface area contributed by atoms with Crippen molar-refractivity contribution < 1.29 is 14.2 Å². The minimum Gasteiger partial charge on any atom is -0.387 e. The summed E-state index contributed by atoms with van der Waals surface area (Å²) in [5.41, 5.74) is 0.585. The van der Waals surface area contributed by atoms with Crippen molar-refractivity contribution in [3.8, 4) is 0 Å². The monoisotopic (exact) mass is 241 g/mol. The van der Waals surface area contributed by atoms with Crippen LogP contribution >= 0.6 is 0 Å². The summed E-state index contributed by atoms with van der Waals surface area (Å²) in [5.74, 6) is -0.329. The van der Waals surface area contributed by atoms with E-state index in [0.29, 0.717) is 25.3 Å².